The maximum Gasteiger partial charge on any atom is 0.255 e. The van der Waals surface area contributed by atoms with Crippen molar-refractivity contribution in [3.63, 3.8) is 0 Å². The third-order valence-corrected chi connectivity index (χ3v) is 2.87. The highest BCUT2D eigenvalue weighted by Gasteiger charge is 2.10. The third kappa shape index (κ3) is 3.06. The van der Waals surface area contributed by atoms with E-state index in [1.54, 1.807) is 18.2 Å². The molecule has 3 N–H and O–H groups in total. The second-order valence-electron chi connectivity index (χ2n) is 4.64. The number of nitrogen functional groups attached to an aromatic ring is 1. The molecule has 0 spiro atoms. The molecule has 0 radical (unpaired) electrons. The Morgan fingerprint density at radius 2 is 1.95 bits per heavy atom. The average Bonchev–Trinajstić information content (AvgIpc) is 2.42. The van der Waals surface area contributed by atoms with E-state index in [0.29, 0.717) is 11.3 Å². The first-order valence-electron chi connectivity index (χ1n) is 6.11. The van der Waals surface area contributed by atoms with E-state index in [1.165, 1.54) is 18.2 Å². The molecule has 0 unspecified atom stereocenters. The topological polar surface area (TPSA) is 58.4 Å². The highest BCUT2D eigenvalue weighted by atomic mass is 19.1. The lowest BCUT2D eigenvalue weighted by Gasteiger charge is -2.13. The molecule has 2 aromatic carbocycles. The number of carbonyl (C=O) groups is 1. The summed E-state index contributed by atoms with van der Waals surface area (Å²) in [6, 6.07) is 11.2. The van der Waals surface area contributed by atoms with Gasteiger partial charge in [-0.15, -0.1) is 0 Å². The molecule has 0 aliphatic carbocycles. The number of halogens is 1. The summed E-state index contributed by atoms with van der Waals surface area (Å²) in [6.45, 7) is 0. The molecule has 0 aliphatic rings. The Morgan fingerprint density at radius 3 is 2.60 bits per heavy atom. The first kappa shape index (κ1) is 13.9. The van der Waals surface area contributed by atoms with Gasteiger partial charge in [-0.2, -0.15) is 0 Å². The number of rotatable bonds is 3. The van der Waals surface area contributed by atoms with Crippen molar-refractivity contribution in [2.45, 2.75) is 0 Å². The van der Waals surface area contributed by atoms with Gasteiger partial charge < -0.3 is 16.0 Å². The van der Waals surface area contributed by atoms with Crippen molar-refractivity contribution in [2.75, 3.05) is 30.0 Å². The highest BCUT2D eigenvalue weighted by Crippen LogP contribution is 2.19. The van der Waals surface area contributed by atoms with E-state index in [9.17, 15) is 9.18 Å². The number of amides is 1. The lowest BCUT2D eigenvalue weighted by molar-refractivity contribution is 0.102. The summed E-state index contributed by atoms with van der Waals surface area (Å²) < 4.78 is 13.6. The molecule has 0 atom stereocenters. The van der Waals surface area contributed by atoms with Crippen LogP contribution in [-0.4, -0.2) is 20.0 Å². The largest absolute Gasteiger partial charge is 0.399 e. The zero-order chi connectivity index (χ0) is 14.7. The van der Waals surface area contributed by atoms with Gasteiger partial charge in [0.1, 0.15) is 5.82 Å². The van der Waals surface area contributed by atoms with Crippen molar-refractivity contribution < 1.29 is 9.18 Å². The molecule has 0 aromatic heterocycles. The molecule has 20 heavy (non-hydrogen) atoms. The molecule has 104 valence electrons. The third-order valence-electron chi connectivity index (χ3n) is 2.87. The van der Waals surface area contributed by atoms with Crippen LogP contribution in [0.25, 0.3) is 0 Å². The zero-order valence-electron chi connectivity index (χ0n) is 11.4. The summed E-state index contributed by atoms with van der Waals surface area (Å²) in [6.07, 6.45) is 0. The van der Waals surface area contributed by atoms with Crippen LogP contribution in [-0.2, 0) is 0 Å². The standard InChI is InChI=1S/C15H16FN3O/c1-19(2)12-5-3-4-10(8-12)15(20)18-14-7-6-11(17)9-13(14)16/h3-9H,17H2,1-2H3,(H,18,20). The van der Waals surface area contributed by atoms with Crippen LogP contribution < -0.4 is 16.0 Å². The zero-order valence-corrected chi connectivity index (χ0v) is 11.4. The van der Waals surface area contributed by atoms with Crippen LogP contribution in [0.1, 0.15) is 10.4 Å². The second kappa shape index (κ2) is 5.61. The Hall–Kier alpha value is -2.56. The SMILES string of the molecule is CN(C)c1cccc(C(=O)Nc2ccc(N)cc2F)c1. The Balaban J connectivity index is 2.21. The van der Waals surface area contributed by atoms with E-state index < -0.39 is 5.82 Å². The summed E-state index contributed by atoms with van der Waals surface area (Å²) in [7, 11) is 3.77. The van der Waals surface area contributed by atoms with E-state index >= 15 is 0 Å². The maximum absolute atomic E-state index is 13.6. The Morgan fingerprint density at radius 1 is 1.20 bits per heavy atom. The van der Waals surface area contributed by atoms with Crippen molar-refractivity contribution >= 4 is 23.0 Å². The van der Waals surface area contributed by atoms with E-state index in [-0.39, 0.29) is 11.6 Å². The molecule has 1 amide bonds. The fraction of sp³-hybridized carbons (Fsp3) is 0.133. The molecule has 0 saturated heterocycles. The summed E-state index contributed by atoms with van der Waals surface area (Å²) >= 11 is 0. The van der Waals surface area contributed by atoms with E-state index in [1.807, 2.05) is 25.1 Å². The van der Waals surface area contributed by atoms with Crippen LogP contribution in [0.3, 0.4) is 0 Å². The van der Waals surface area contributed by atoms with Crippen LogP contribution in [0.2, 0.25) is 0 Å². The molecule has 0 heterocycles. The van der Waals surface area contributed by atoms with Crippen molar-refractivity contribution in [1.82, 2.24) is 0 Å². The van der Waals surface area contributed by atoms with Gasteiger partial charge in [-0.3, -0.25) is 4.79 Å². The number of hydrogen-bond acceptors (Lipinski definition) is 3. The molecule has 2 aromatic rings. The van der Waals surface area contributed by atoms with Gasteiger partial charge >= 0.3 is 0 Å². The average molecular weight is 273 g/mol. The summed E-state index contributed by atoms with van der Waals surface area (Å²) in [4.78, 5) is 14.0. The molecule has 5 heteroatoms. The fourth-order valence-corrected chi connectivity index (χ4v) is 1.75. The lowest BCUT2D eigenvalue weighted by atomic mass is 10.1. The van der Waals surface area contributed by atoms with E-state index in [2.05, 4.69) is 5.32 Å². The molecule has 0 bridgehead atoms. The van der Waals surface area contributed by atoms with Gasteiger partial charge in [0.05, 0.1) is 5.69 Å². The first-order valence-corrected chi connectivity index (χ1v) is 6.11. The number of anilines is 3. The van der Waals surface area contributed by atoms with E-state index in [0.717, 1.165) is 5.69 Å². The molecular weight excluding hydrogens is 257 g/mol. The molecular formula is C15H16FN3O. The molecule has 2 rings (SSSR count). The quantitative estimate of drug-likeness (QED) is 0.845. The van der Waals surface area contributed by atoms with Gasteiger partial charge in [0, 0.05) is 31.0 Å². The Bertz CT molecular complexity index is 641. The van der Waals surface area contributed by atoms with Gasteiger partial charge in [0.15, 0.2) is 0 Å². The first-order chi connectivity index (χ1) is 9.47. The fourth-order valence-electron chi connectivity index (χ4n) is 1.75. The van der Waals surface area contributed by atoms with Crippen LogP contribution in [0.15, 0.2) is 42.5 Å². The van der Waals surface area contributed by atoms with Crippen molar-refractivity contribution in [3.8, 4) is 0 Å². The summed E-state index contributed by atoms with van der Waals surface area (Å²) in [5.41, 5.74) is 7.25. The Labute approximate surface area is 117 Å². The minimum Gasteiger partial charge on any atom is -0.399 e. The number of nitrogens with one attached hydrogen (secondary N) is 1. The van der Waals surface area contributed by atoms with Crippen molar-refractivity contribution in [3.05, 3.63) is 53.8 Å². The van der Waals surface area contributed by atoms with Crippen LogP contribution in [0.4, 0.5) is 21.5 Å². The molecule has 0 saturated carbocycles. The van der Waals surface area contributed by atoms with Gasteiger partial charge in [-0.1, -0.05) is 6.07 Å². The summed E-state index contributed by atoms with van der Waals surface area (Å²) in [5, 5.41) is 2.53. The van der Waals surface area contributed by atoms with Crippen LogP contribution in [0, 0.1) is 5.82 Å². The van der Waals surface area contributed by atoms with Gasteiger partial charge in [0.25, 0.3) is 5.91 Å². The van der Waals surface area contributed by atoms with Gasteiger partial charge in [-0.25, -0.2) is 4.39 Å². The monoisotopic (exact) mass is 273 g/mol. The predicted octanol–water partition coefficient (Wildman–Crippen LogP) is 2.73. The van der Waals surface area contributed by atoms with Crippen molar-refractivity contribution in [1.29, 1.82) is 0 Å². The number of hydrogen-bond donors (Lipinski definition) is 2. The normalized spacial score (nSPS) is 10.2. The van der Waals surface area contributed by atoms with Gasteiger partial charge in [0.2, 0.25) is 0 Å². The Kier molecular flexibility index (Phi) is 3.89. The second-order valence-corrected chi connectivity index (χ2v) is 4.64. The minimum absolute atomic E-state index is 0.111. The van der Waals surface area contributed by atoms with Crippen LogP contribution in [0.5, 0.6) is 0 Å². The minimum atomic E-state index is -0.554. The van der Waals surface area contributed by atoms with Crippen molar-refractivity contribution in [2.24, 2.45) is 0 Å². The number of nitrogens with zero attached hydrogens (tertiary/aromatic N) is 1. The van der Waals surface area contributed by atoms with Gasteiger partial charge in [-0.05, 0) is 36.4 Å². The number of nitrogens with two attached hydrogens (primary N) is 1. The lowest BCUT2D eigenvalue weighted by Crippen LogP contribution is -2.15. The smallest absolute Gasteiger partial charge is 0.255 e. The summed E-state index contributed by atoms with van der Waals surface area (Å²) in [5.74, 6) is -0.917. The number of benzene rings is 2. The van der Waals surface area contributed by atoms with E-state index in [4.69, 9.17) is 5.73 Å². The molecule has 0 aliphatic heterocycles. The maximum atomic E-state index is 13.6. The molecule has 4 nitrogen and oxygen atoms in total. The highest BCUT2D eigenvalue weighted by molar-refractivity contribution is 6.04. The molecule has 0 fully saturated rings. The number of carbonyl (C=O) groups excluding carboxylic acids is 1. The van der Waals surface area contributed by atoms with Crippen LogP contribution >= 0.6 is 0 Å². The predicted molar refractivity (Wildman–Crippen MR) is 79.5 cm³/mol.